The summed E-state index contributed by atoms with van der Waals surface area (Å²) in [6, 6.07) is 12.6. The molecule has 8 heteroatoms. The van der Waals surface area contributed by atoms with Gasteiger partial charge in [-0.15, -0.1) is 11.3 Å². The van der Waals surface area contributed by atoms with Crippen LogP contribution in [0.5, 0.6) is 11.5 Å². The Bertz CT molecular complexity index is 945. The first-order valence-electron chi connectivity index (χ1n) is 8.06. The van der Waals surface area contributed by atoms with Gasteiger partial charge >= 0.3 is 0 Å². The molecule has 0 atom stereocenters. The number of hydrogen-bond donors (Lipinski definition) is 2. The van der Waals surface area contributed by atoms with Crippen molar-refractivity contribution >= 4 is 45.4 Å². The zero-order chi connectivity index (χ0) is 19.2. The van der Waals surface area contributed by atoms with Gasteiger partial charge in [0.2, 0.25) is 5.91 Å². The Labute approximate surface area is 166 Å². The molecule has 0 aliphatic rings. The van der Waals surface area contributed by atoms with Gasteiger partial charge in [0, 0.05) is 22.2 Å². The number of hydrogen-bond acceptors (Lipinski definition) is 6. The van der Waals surface area contributed by atoms with Gasteiger partial charge in [0.1, 0.15) is 11.5 Å². The number of carbonyl (C=O) groups excluding carboxylic acids is 1. The SMILES string of the molecule is COc1ccc(NC(=O)Cc2csc(Nc3cccc(Cl)c3)n2)c(OC)c1. The molecule has 6 nitrogen and oxygen atoms in total. The van der Waals surface area contributed by atoms with Gasteiger partial charge < -0.3 is 20.1 Å². The maximum absolute atomic E-state index is 12.3. The summed E-state index contributed by atoms with van der Waals surface area (Å²) in [6.07, 6.45) is 0.156. The maximum Gasteiger partial charge on any atom is 0.230 e. The number of amides is 1. The lowest BCUT2D eigenvalue weighted by molar-refractivity contribution is -0.115. The van der Waals surface area contributed by atoms with Crippen molar-refractivity contribution in [1.82, 2.24) is 4.98 Å². The Balaban J connectivity index is 1.63. The molecule has 0 aliphatic heterocycles. The van der Waals surface area contributed by atoms with E-state index in [4.69, 9.17) is 21.1 Å². The number of thiazole rings is 1. The monoisotopic (exact) mass is 403 g/mol. The van der Waals surface area contributed by atoms with Crippen LogP contribution >= 0.6 is 22.9 Å². The summed E-state index contributed by atoms with van der Waals surface area (Å²) in [6.45, 7) is 0. The van der Waals surface area contributed by atoms with Crippen molar-refractivity contribution < 1.29 is 14.3 Å². The third-order valence-corrected chi connectivity index (χ3v) is 4.69. The zero-order valence-electron chi connectivity index (χ0n) is 14.8. The second-order valence-corrected chi connectivity index (χ2v) is 6.87. The highest BCUT2D eigenvalue weighted by molar-refractivity contribution is 7.13. The van der Waals surface area contributed by atoms with Gasteiger partial charge in [-0.05, 0) is 30.3 Å². The fraction of sp³-hybridized carbons (Fsp3) is 0.158. The summed E-state index contributed by atoms with van der Waals surface area (Å²) in [5.41, 5.74) is 2.10. The number of nitrogens with one attached hydrogen (secondary N) is 2. The molecule has 0 fully saturated rings. The highest BCUT2D eigenvalue weighted by Crippen LogP contribution is 2.29. The van der Waals surface area contributed by atoms with Gasteiger partial charge in [0.15, 0.2) is 5.13 Å². The minimum atomic E-state index is -0.182. The van der Waals surface area contributed by atoms with Gasteiger partial charge in [-0.25, -0.2) is 4.98 Å². The summed E-state index contributed by atoms with van der Waals surface area (Å²) in [7, 11) is 3.11. The number of halogens is 1. The van der Waals surface area contributed by atoms with Crippen molar-refractivity contribution in [3.8, 4) is 11.5 Å². The summed E-state index contributed by atoms with van der Waals surface area (Å²) < 4.78 is 10.4. The van der Waals surface area contributed by atoms with Crippen LogP contribution in [0.25, 0.3) is 0 Å². The normalized spacial score (nSPS) is 10.3. The van der Waals surface area contributed by atoms with Crippen LogP contribution in [-0.4, -0.2) is 25.1 Å². The maximum atomic E-state index is 12.3. The molecule has 0 radical (unpaired) electrons. The van der Waals surface area contributed by atoms with Gasteiger partial charge in [-0.2, -0.15) is 0 Å². The number of benzene rings is 2. The Morgan fingerprint density at radius 1 is 1.19 bits per heavy atom. The molecule has 2 N–H and O–H groups in total. The highest BCUT2D eigenvalue weighted by Gasteiger charge is 2.12. The topological polar surface area (TPSA) is 72.5 Å². The van der Waals surface area contributed by atoms with E-state index in [9.17, 15) is 4.79 Å². The van der Waals surface area contributed by atoms with Crippen molar-refractivity contribution in [2.24, 2.45) is 0 Å². The van der Waals surface area contributed by atoms with Crippen LogP contribution in [-0.2, 0) is 11.2 Å². The summed E-state index contributed by atoms with van der Waals surface area (Å²) in [5.74, 6) is 1.00. The van der Waals surface area contributed by atoms with Crippen LogP contribution in [0.3, 0.4) is 0 Å². The van der Waals surface area contributed by atoms with Gasteiger partial charge in [-0.3, -0.25) is 4.79 Å². The second-order valence-electron chi connectivity index (χ2n) is 5.57. The summed E-state index contributed by atoms with van der Waals surface area (Å²) >= 11 is 7.40. The fourth-order valence-electron chi connectivity index (χ4n) is 2.40. The minimum absolute atomic E-state index is 0.156. The number of rotatable bonds is 7. The van der Waals surface area contributed by atoms with E-state index in [0.29, 0.717) is 33.0 Å². The van der Waals surface area contributed by atoms with Gasteiger partial charge in [0.05, 0.1) is 32.0 Å². The van der Waals surface area contributed by atoms with Crippen LogP contribution in [0.1, 0.15) is 5.69 Å². The first-order valence-corrected chi connectivity index (χ1v) is 9.32. The van der Waals surface area contributed by atoms with E-state index in [1.165, 1.54) is 11.3 Å². The largest absolute Gasteiger partial charge is 0.497 e. The molecule has 1 amide bonds. The molecule has 0 aliphatic carbocycles. The molecular formula is C19H18ClN3O3S. The number of methoxy groups -OCH3 is 2. The standard InChI is InChI=1S/C19H18ClN3O3S/c1-25-15-6-7-16(17(10-15)26-2)23-18(24)9-14-11-27-19(22-14)21-13-5-3-4-12(20)8-13/h3-8,10-11H,9H2,1-2H3,(H,21,22)(H,23,24). The first kappa shape index (κ1) is 19.0. The van der Waals surface area contributed by atoms with Gasteiger partial charge in [-0.1, -0.05) is 17.7 Å². The molecule has 140 valence electrons. The molecule has 0 saturated carbocycles. The van der Waals surface area contributed by atoms with E-state index in [-0.39, 0.29) is 12.3 Å². The molecule has 1 aromatic heterocycles. The average Bonchev–Trinajstić information content (AvgIpc) is 3.08. The number of ether oxygens (including phenoxy) is 2. The molecule has 0 unspecified atom stereocenters. The fourth-order valence-corrected chi connectivity index (χ4v) is 3.32. The Hall–Kier alpha value is -2.77. The lowest BCUT2D eigenvalue weighted by atomic mass is 10.2. The molecule has 27 heavy (non-hydrogen) atoms. The quantitative estimate of drug-likeness (QED) is 0.596. The van der Waals surface area contributed by atoms with E-state index < -0.39 is 0 Å². The smallest absolute Gasteiger partial charge is 0.230 e. The van der Waals surface area contributed by atoms with Crippen LogP contribution in [0.2, 0.25) is 5.02 Å². The summed E-state index contributed by atoms with van der Waals surface area (Å²) in [4.78, 5) is 16.8. The van der Waals surface area contributed by atoms with E-state index in [2.05, 4.69) is 15.6 Å². The molecule has 1 heterocycles. The molecular weight excluding hydrogens is 386 g/mol. The van der Waals surface area contributed by atoms with E-state index >= 15 is 0 Å². The Morgan fingerprint density at radius 3 is 2.78 bits per heavy atom. The van der Waals surface area contributed by atoms with E-state index in [0.717, 1.165) is 5.69 Å². The van der Waals surface area contributed by atoms with Crippen molar-refractivity contribution in [1.29, 1.82) is 0 Å². The van der Waals surface area contributed by atoms with Crippen LogP contribution < -0.4 is 20.1 Å². The highest BCUT2D eigenvalue weighted by atomic mass is 35.5. The lowest BCUT2D eigenvalue weighted by Crippen LogP contribution is -2.15. The van der Waals surface area contributed by atoms with E-state index in [1.54, 1.807) is 38.5 Å². The number of carbonyl (C=O) groups is 1. The third kappa shape index (κ3) is 5.12. The molecule has 3 rings (SSSR count). The van der Waals surface area contributed by atoms with Crippen molar-refractivity contribution in [2.45, 2.75) is 6.42 Å². The molecule has 0 bridgehead atoms. The molecule has 2 aromatic carbocycles. The Morgan fingerprint density at radius 2 is 2.04 bits per heavy atom. The lowest BCUT2D eigenvalue weighted by Gasteiger charge is -2.11. The van der Waals surface area contributed by atoms with Crippen LogP contribution in [0, 0.1) is 0 Å². The third-order valence-electron chi connectivity index (χ3n) is 3.65. The predicted octanol–water partition coefficient (Wildman–Crippen LogP) is 4.74. The number of nitrogens with zero attached hydrogens (tertiary/aromatic N) is 1. The van der Waals surface area contributed by atoms with Crippen LogP contribution in [0.15, 0.2) is 47.8 Å². The van der Waals surface area contributed by atoms with Crippen molar-refractivity contribution in [3.63, 3.8) is 0 Å². The molecule has 0 saturated heterocycles. The Kier molecular flexibility index (Phi) is 6.16. The van der Waals surface area contributed by atoms with Crippen molar-refractivity contribution in [3.05, 3.63) is 58.6 Å². The molecule has 0 spiro atoms. The van der Waals surface area contributed by atoms with E-state index in [1.807, 2.05) is 23.6 Å². The first-order chi connectivity index (χ1) is 13.1. The minimum Gasteiger partial charge on any atom is -0.497 e. The second kappa shape index (κ2) is 8.75. The zero-order valence-corrected chi connectivity index (χ0v) is 16.4. The predicted molar refractivity (Wildman–Crippen MR) is 109 cm³/mol. The number of anilines is 3. The van der Waals surface area contributed by atoms with Crippen molar-refractivity contribution in [2.75, 3.05) is 24.9 Å². The number of aromatic nitrogens is 1. The van der Waals surface area contributed by atoms with Crippen LogP contribution in [0.4, 0.5) is 16.5 Å². The molecule has 3 aromatic rings. The average molecular weight is 404 g/mol. The summed E-state index contributed by atoms with van der Waals surface area (Å²) in [5, 5.41) is 9.20. The van der Waals surface area contributed by atoms with Gasteiger partial charge in [0.25, 0.3) is 0 Å².